The third-order valence-corrected chi connectivity index (χ3v) is 5.64. The number of aliphatic hydroxyl groups is 1. The minimum atomic E-state index is -0.179. The molecule has 1 saturated heterocycles. The van der Waals surface area contributed by atoms with Crippen LogP contribution in [-0.2, 0) is 4.74 Å². The van der Waals surface area contributed by atoms with E-state index in [0.29, 0.717) is 17.9 Å². The highest BCUT2D eigenvalue weighted by molar-refractivity contribution is 5.29. The minimum Gasteiger partial charge on any atom is -0.392 e. The van der Waals surface area contributed by atoms with E-state index in [-0.39, 0.29) is 11.5 Å². The topological polar surface area (TPSA) is 29.5 Å². The highest BCUT2D eigenvalue weighted by Crippen LogP contribution is 2.65. The molecule has 96 valence electrons. The standard InChI is InChI=1S/C16H20O2/c17-13-10-12-6-7-14-16(12,8-9-18-14)15(13)11-4-2-1-3-5-11/h1-5,12-15,17H,6-10H2/t12-,13+,14+,15+,16+/m0/s1. The summed E-state index contributed by atoms with van der Waals surface area (Å²) in [7, 11) is 0. The van der Waals surface area contributed by atoms with Crippen molar-refractivity contribution in [3.63, 3.8) is 0 Å². The molecule has 1 aromatic rings. The molecule has 2 nitrogen and oxygen atoms in total. The molecule has 2 aliphatic carbocycles. The molecule has 2 saturated carbocycles. The Morgan fingerprint density at radius 2 is 2.00 bits per heavy atom. The Balaban J connectivity index is 1.81. The van der Waals surface area contributed by atoms with Gasteiger partial charge in [0.15, 0.2) is 0 Å². The molecule has 0 radical (unpaired) electrons. The number of hydrogen-bond acceptors (Lipinski definition) is 2. The third-order valence-electron chi connectivity index (χ3n) is 5.64. The third kappa shape index (κ3) is 1.25. The Bertz CT molecular complexity index is 444. The Hall–Kier alpha value is -0.860. The van der Waals surface area contributed by atoms with Gasteiger partial charge in [-0.3, -0.25) is 0 Å². The van der Waals surface area contributed by atoms with Crippen LogP contribution < -0.4 is 0 Å². The highest BCUT2D eigenvalue weighted by Gasteiger charge is 2.63. The van der Waals surface area contributed by atoms with E-state index in [4.69, 9.17) is 4.74 Å². The second kappa shape index (κ2) is 3.82. The summed E-state index contributed by atoms with van der Waals surface area (Å²) in [5, 5.41) is 10.5. The van der Waals surface area contributed by atoms with Gasteiger partial charge in [0.1, 0.15) is 0 Å². The van der Waals surface area contributed by atoms with Crippen LogP contribution in [0.1, 0.15) is 37.2 Å². The van der Waals surface area contributed by atoms with Gasteiger partial charge >= 0.3 is 0 Å². The van der Waals surface area contributed by atoms with E-state index in [2.05, 4.69) is 30.3 Å². The molecular formula is C16H20O2. The van der Waals surface area contributed by atoms with Crippen molar-refractivity contribution in [3.8, 4) is 0 Å². The number of hydrogen-bond donors (Lipinski definition) is 1. The summed E-state index contributed by atoms with van der Waals surface area (Å²) in [6, 6.07) is 10.6. The SMILES string of the molecule is O[C@@H]1C[C@@H]2CC[C@H]3OCC[C@@]23[C@@H]1c1ccccc1. The Kier molecular flexibility index (Phi) is 2.33. The van der Waals surface area contributed by atoms with Gasteiger partial charge in [-0.25, -0.2) is 0 Å². The van der Waals surface area contributed by atoms with Crippen LogP contribution in [0.2, 0.25) is 0 Å². The van der Waals surface area contributed by atoms with Crippen molar-refractivity contribution < 1.29 is 9.84 Å². The van der Waals surface area contributed by atoms with Crippen molar-refractivity contribution in [1.82, 2.24) is 0 Å². The van der Waals surface area contributed by atoms with Crippen molar-refractivity contribution >= 4 is 0 Å². The number of aliphatic hydroxyl groups excluding tert-OH is 1. The second-order valence-electron chi connectivity index (χ2n) is 6.19. The Morgan fingerprint density at radius 1 is 1.17 bits per heavy atom. The molecule has 2 heteroatoms. The quantitative estimate of drug-likeness (QED) is 0.823. The number of rotatable bonds is 1. The summed E-state index contributed by atoms with van der Waals surface area (Å²) in [5.74, 6) is 0.962. The van der Waals surface area contributed by atoms with E-state index in [1.165, 1.54) is 18.4 Å². The van der Waals surface area contributed by atoms with E-state index in [1.807, 2.05) is 0 Å². The fourth-order valence-corrected chi connectivity index (χ4v) is 5.06. The van der Waals surface area contributed by atoms with Gasteiger partial charge < -0.3 is 9.84 Å². The maximum Gasteiger partial charge on any atom is 0.0641 e. The lowest BCUT2D eigenvalue weighted by molar-refractivity contribution is 0.0406. The maximum absolute atomic E-state index is 10.5. The fraction of sp³-hybridized carbons (Fsp3) is 0.625. The predicted octanol–water partition coefficient (Wildman–Crippen LogP) is 2.72. The average molecular weight is 244 g/mol. The zero-order valence-corrected chi connectivity index (χ0v) is 10.6. The van der Waals surface area contributed by atoms with Crippen LogP contribution in [-0.4, -0.2) is 23.9 Å². The first-order chi connectivity index (χ1) is 8.82. The minimum absolute atomic E-state index is 0.179. The molecule has 3 aliphatic rings. The molecule has 0 unspecified atom stereocenters. The smallest absolute Gasteiger partial charge is 0.0641 e. The van der Waals surface area contributed by atoms with Crippen molar-refractivity contribution in [1.29, 1.82) is 0 Å². The molecule has 1 heterocycles. The zero-order chi connectivity index (χ0) is 12.2. The highest BCUT2D eigenvalue weighted by atomic mass is 16.5. The monoisotopic (exact) mass is 244 g/mol. The maximum atomic E-state index is 10.5. The van der Waals surface area contributed by atoms with Gasteiger partial charge in [-0.15, -0.1) is 0 Å². The van der Waals surface area contributed by atoms with Crippen LogP contribution in [0.25, 0.3) is 0 Å². The van der Waals surface area contributed by atoms with Crippen LogP contribution in [0.5, 0.6) is 0 Å². The molecular weight excluding hydrogens is 224 g/mol. The number of benzene rings is 1. The van der Waals surface area contributed by atoms with Crippen molar-refractivity contribution in [2.45, 2.75) is 43.8 Å². The zero-order valence-electron chi connectivity index (χ0n) is 10.6. The lowest BCUT2D eigenvalue weighted by Crippen LogP contribution is -2.35. The van der Waals surface area contributed by atoms with Crippen molar-refractivity contribution in [2.75, 3.05) is 6.61 Å². The van der Waals surface area contributed by atoms with Crippen LogP contribution in [0.15, 0.2) is 30.3 Å². The molecule has 3 fully saturated rings. The van der Waals surface area contributed by atoms with Gasteiger partial charge in [0.05, 0.1) is 12.2 Å². The van der Waals surface area contributed by atoms with Crippen molar-refractivity contribution in [2.24, 2.45) is 11.3 Å². The fourth-order valence-electron chi connectivity index (χ4n) is 5.06. The first kappa shape index (κ1) is 11.0. The van der Waals surface area contributed by atoms with Crippen LogP contribution in [0, 0.1) is 11.3 Å². The molecule has 0 amide bonds. The summed E-state index contributed by atoms with van der Waals surface area (Å²) >= 11 is 0. The summed E-state index contributed by atoms with van der Waals surface area (Å²) in [6.45, 7) is 0.886. The van der Waals surface area contributed by atoms with E-state index in [1.54, 1.807) is 0 Å². The van der Waals surface area contributed by atoms with Gasteiger partial charge in [0.2, 0.25) is 0 Å². The van der Waals surface area contributed by atoms with E-state index in [0.717, 1.165) is 19.4 Å². The van der Waals surface area contributed by atoms with Crippen LogP contribution in [0.3, 0.4) is 0 Å². The predicted molar refractivity (Wildman–Crippen MR) is 69.3 cm³/mol. The van der Waals surface area contributed by atoms with Gasteiger partial charge in [0, 0.05) is 17.9 Å². The molecule has 1 aromatic carbocycles. The number of ether oxygens (including phenoxy) is 1. The normalized spacial score (nSPS) is 46.1. The molecule has 0 aromatic heterocycles. The van der Waals surface area contributed by atoms with E-state index < -0.39 is 0 Å². The van der Waals surface area contributed by atoms with Gasteiger partial charge in [-0.1, -0.05) is 30.3 Å². The summed E-state index contributed by atoms with van der Waals surface area (Å²) in [5.41, 5.74) is 1.55. The first-order valence-electron chi connectivity index (χ1n) is 7.17. The first-order valence-corrected chi connectivity index (χ1v) is 7.17. The molecule has 1 N–H and O–H groups in total. The average Bonchev–Trinajstić information content (AvgIpc) is 2.99. The second-order valence-corrected chi connectivity index (χ2v) is 6.19. The van der Waals surface area contributed by atoms with Crippen LogP contribution in [0.4, 0.5) is 0 Å². The van der Waals surface area contributed by atoms with Gasteiger partial charge in [-0.2, -0.15) is 0 Å². The molecule has 1 aliphatic heterocycles. The Morgan fingerprint density at radius 3 is 2.83 bits per heavy atom. The lowest BCUT2D eigenvalue weighted by Gasteiger charge is -2.36. The largest absolute Gasteiger partial charge is 0.392 e. The van der Waals surface area contributed by atoms with Gasteiger partial charge in [0.25, 0.3) is 0 Å². The van der Waals surface area contributed by atoms with E-state index >= 15 is 0 Å². The van der Waals surface area contributed by atoms with Crippen LogP contribution >= 0.6 is 0 Å². The summed E-state index contributed by atoms with van der Waals surface area (Å²) in [4.78, 5) is 0. The molecule has 1 spiro atoms. The summed E-state index contributed by atoms with van der Waals surface area (Å²) < 4.78 is 5.97. The molecule has 18 heavy (non-hydrogen) atoms. The molecule has 4 rings (SSSR count). The molecule has 0 bridgehead atoms. The summed E-state index contributed by atoms with van der Waals surface area (Å²) in [6.07, 6.45) is 4.76. The van der Waals surface area contributed by atoms with Gasteiger partial charge in [-0.05, 0) is 37.2 Å². The molecule has 5 atom stereocenters. The van der Waals surface area contributed by atoms with Crippen molar-refractivity contribution in [3.05, 3.63) is 35.9 Å². The Labute approximate surface area is 108 Å². The van der Waals surface area contributed by atoms with E-state index in [9.17, 15) is 5.11 Å². The lowest BCUT2D eigenvalue weighted by atomic mass is 9.68.